The molecule has 5 aliphatic rings. The number of hydrogen-bond acceptors (Lipinski definition) is 9. The Hall–Kier alpha value is -5.61. The van der Waals surface area contributed by atoms with Gasteiger partial charge >= 0.3 is 5.97 Å². The Morgan fingerprint density at radius 1 is 0.833 bits per heavy atom. The van der Waals surface area contributed by atoms with Crippen LogP contribution in [0.25, 0.3) is 0 Å². The van der Waals surface area contributed by atoms with Gasteiger partial charge in [0.25, 0.3) is 0 Å². The molecule has 8 atom stereocenters. The number of fused-ring (bicyclic) bond motifs is 4. The average molecular weight is 835 g/mol. The van der Waals surface area contributed by atoms with Crippen molar-refractivity contribution in [3.63, 3.8) is 0 Å². The minimum atomic E-state index is -1.61. The molecule has 7 rings (SSSR count). The molecule has 4 saturated heterocycles. The fraction of sp³-hybridized carbons (Fsp3) is 0.558. The van der Waals surface area contributed by atoms with Gasteiger partial charge in [-0.25, -0.2) is 13.6 Å². The molecule has 322 valence electrons. The van der Waals surface area contributed by atoms with Crippen molar-refractivity contribution in [1.82, 2.24) is 30.7 Å². The summed E-state index contributed by atoms with van der Waals surface area (Å²) in [6, 6.07) is 1.03. The Morgan fingerprint density at radius 3 is 2.32 bits per heavy atom. The summed E-state index contributed by atoms with van der Waals surface area (Å²) in [6.07, 6.45) is 1.42. The zero-order valence-corrected chi connectivity index (χ0v) is 34.0. The second-order valence-corrected chi connectivity index (χ2v) is 16.8. The van der Waals surface area contributed by atoms with E-state index in [1.54, 1.807) is 12.1 Å². The van der Waals surface area contributed by atoms with Gasteiger partial charge in [-0.3, -0.25) is 28.8 Å². The third-order valence-corrected chi connectivity index (χ3v) is 12.2. The second-order valence-electron chi connectivity index (χ2n) is 16.8. The normalized spacial score (nSPS) is 27.9. The molecule has 2 aromatic carbocycles. The van der Waals surface area contributed by atoms with E-state index in [-0.39, 0.29) is 56.8 Å². The number of benzene rings is 2. The molecule has 0 aromatic heterocycles. The van der Waals surface area contributed by atoms with Gasteiger partial charge in [-0.1, -0.05) is 19.1 Å². The maximum Gasteiger partial charge on any atom is 0.329 e. The number of ether oxygens (including phenoxy) is 2. The number of rotatable bonds is 7. The quantitative estimate of drug-likeness (QED) is 0.350. The SMILES string of the molecule is C[C@H]1C[C@H]2C(=O)O[C@@H](C)[C@H](NC(=O)[C@H](Cc3cc(F)cc(F)c3)NC(=O)Cc3ccc4c(c3)OCC4)C(=O)N3CCC[C@H]3C(=O)N3CCCC[C@H]3C(=O)N[C@@H](C)C(=O)N2C1. The van der Waals surface area contributed by atoms with E-state index in [1.807, 2.05) is 13.0 Å². The van der Waals surface area contributed by atoms with E-state index in [0.717, 1.165) is 24.1 Å². The van der Waals surface area contributed by atoms with E-state index in [4.69, 9.17) is 9.47 Å². The number of hydrogen-bond donors (Lipinski definition) is 3. The Balaban J connectivity index is 1.20. The molecular formula is C43H52F2N6O9. The minimum absolute atomic E-state index is 0.0438. The van der Waals surface area contributed by atoms with Crippen LogP contribution in [0.5, 0.6) is 5.75 Å². The molecule has 5 aliphatic heterocycles. The molecule has 0 unspecified atom stereocenters. The van der Waals surface area contributed by atoms with Crippen molar-refractivity contribution in [2.45, 2.75) is 121 Å². The van der Waals surface area contributed by atoms with Gasteiger partial charge in [-0.05, 0) is 93.2 Å². The van der Waals surface area contributed by atoms with Crippen molar-refractivity contribution >= 4 is 41.4 Å². The monoisotopic (exact) mass is 834 g/mol. The van der Waals surface area contributed by atoms with Gasteiger partial charge in [0.05, 0.1) is 13.0 Å². The van der Waals surface area contributed by atoms with Crippen molar-refractivity contribution < 1.29 is 51.8 Å². The molecule has 0 saturated carbocycles. The first-order valence-electron chi connectivity index (χ1n) is 20.9. The van der Waals surface area contributed by atoms with Crippen LogP contribution in [0, 0.1) is 17.6 Å². The lowest BCUT2D eigenvalue weighted by Gasteiger charge is -2.39. The first-order valence-corrected chi connectivity index (χ1v) is 20.9. The van der Waals surface area contributed by atoms with Gasteiger partial charge in [0, 0.05) is 38.5 Å². The number of nitrogens with one attached hydrogen (secondary N) is 3. The largest absolute Gasteiger partial charge is 0.493 e. The van der Waals surface area contributed by atoms with Gasteiger partial charge in [-0.15, -0.1) is 0 Å². The van der Waals surface area contributed by atoms with Gasteiger partial charge in [0.1, 0.15) is 59.7 Å². The predicted molar refractivity (Wildman–Crippen MR) is 210 cm³/mol. The summed E-state index contributed by atoms with van der Waals surface area (Å²) in [4.78, 5) is 103. The average Bonchev–Trinajstić information content (AvgIpc) is 3.98. The minimum Gasteiger partial charge on any atom is -0.493 e. The maximum absolute atomic E-state index is 14.8. The molecule has 15 nitrogen and oxygen atoms in total. The Kier molecular flexibility index (Phi) is 12.7. The van der Waals surface area contributed by atoms with Crippen LogP contribution < -0.4 is 20.7 Å². The van der Waals surface area contributed by atoms with Crippen LogP contribution in [0.15, 0.2) is 36.4 Å². The predicted octanol–water partition coefficient (Wildman–Crippen LogP) is 1.71. The van der Waals surface area contributed by atoms with Crippen LogP contribution >= 0.6 is 0 Å². The highest BCUT2D eigenvalue weighted by Gasteiger charge is 2.47. The summed E-state index contributed by atoms with van der Waals surface area (Å²) >= 11 is 0. The van der Waals surface area contributed by atoms with Crippen molar-refractivity contribution in [3.8, 4) is 5.75 Å². The third kappa shape index (κ3) is 9.24. The lowest BCUT2D eigenvalue weighted by Crippen LogP contribution is -2.63. The molecule has 6 amide bonds. The summed E-state index contributed by atoms with van der Waals surface area (Å²) in [7, 11) is 0. The summed E-state index contributed by atoms with van der Waals surface area (Å²) in [6.45, 7) is 5.92. The second kappa shape index (κ2) is 17.9. The van der Waals surface area contributed by atoms with Crippen LogP contribution in [0.1, 0.15) is 76.0 Å². The first-order chi connectivity index (χ1) is 28.7. The highest BCUT2D eigenvalue weighted by Crippen LogP contribution is 2.30. The molecule has 0 bridgehead atoms. The lowest BCUT2D eigenvalue weighted by molar-refractivity contribution is -0.163. The smallest absolute Gasteiger partial charge is 0.329 e. The Bertz CT molecular complexity index is 2030. The van der Waals surface area contributed by atoms with E-state index >= 15 is 0 Å². The van der Waals surface area contributed by atoms with E-state index in [0.29, 0.717) is 49.7 Å². The molecule has 2 aromatic rings. The number of cyclic esters (lactones) is 1. The first kappa shape index (κ1) is 42.5. The van der Waals surface area contributed by atoms with Crippen molar-refractivity contribution in [3.05, 3.63) is 64.7 Å². The van der Waals surface area contributed by atoms with Crippen LogP contribution in [0.2, 0.25) is 0 Å². The highest BCUT2D eigenvalue weighted by atomic mass is 19.1. The molecule has 0 radical (unpaired) electrons. The molecule has 5 heterocycles. The molecule has 17 heteroatoms. The lowest BCUT2D eigenvalue weighted by atomic mass is 9.99. The fourth-order valence-electron chi connectivity index (χ4n) is 9.15. The Morgan fingerprint density at radius 2 is 1.55 bits per heavy atom. The van der Waals surface area contributed by atoms with E-state index < -0.39 is 95.4 Å². The zero-order valence-electron chi connectivity index (χ0n) is 34.0. The number of amides is 6. The standard InChI is InChI=1S/C43H52F2N6O9/c1-23-15-34-43(58)60-25(3)37(42(57)50-13-6-8-33(50)41(56)49-12-5-4-7-32(49)39(54)46-24(2)40(55)51(34)22-23)48-38(53)31(18-27-16-29(44)21-30(45)17-27)47-36(52)20-26-9-10-28-11-14-59-35(28)19-26/h9-10,16-17,19,21,23-25,31-34,37H,4-8,11-15,18,20,22H2,1-3H3,(H,46,54)(H,47,52)(H,48,53)/t23-,24-,25-,31-,32-,33-,34-,37-/m0/s1. The van der Waals surface area contributed by atoms with E-state index in [9.17, 15) is 42.3 Å². The van der Waals surface area contributed by atoms with Crippen molar-refractivity contribution in [2.75, 3.05) is 26.2 Å². The van der Waals surface area contributed by atoms with Gasteiger partial charge < -0.3 is 40.1 Å². The molecule has 4 fully saturated rings. The van der Waals surface area contributed by atoms with Crippen LogP contribution in [0.4, 0.5) is 8.78 Å². The Labute approximate surface area is 346 Å². The fourth-order valence-corrected chi connectivity index (χ4v) is 9.15. The van der Waals surface area contributed by atoms with Crippen molar-refractivity contribution in [2.24, 2.45) is 5.92 Å². The number of halogens is 2. The van der Waals surface area contributed by atoms with Crippen molar-refractivity contribution in [1.29, 1.82) is 0 Å². The number of carbonyl (C=O) groups excluding carboxylic acids is 7. The zero-order chi connectivity index (χ0) is 42.8. The third-order valence-electron chi connectivity index (χ3n) is 12.2. The van der Waals surface area contributed by atoms with Crippen LogP contribution in [-0.2, 0) is 57.6 Å². The number of carbonyl (C=O) groups is 7. The van der Waals surface area contributed by atoms with Gasteiger partial charge in [0.2, 0.25) is 35.4 Å². The van der Waals surface area contributed by atoms with E-state index in [2.05, 4.69) is 16.0 Å². The number of piperidine rings is 1. The van der Waals surface area contributed by atoms with Gasteiger partial charge in [-0.2, -0.15) is 0 Å². The maximum atomic E-state index is 14.8. The molecule has 60 heavy (non-hydrogen) atoms. The van der Waals surface area contributed by atoms with E-state index in [1.165, 1.54) is 28.5 Å². The molecule has 0 spiro atoms. The summed E-state index contributed by atoms with van der Waals surface area (Å²) < 4.78 is 40.3. The van der Waals surface area contributed by atoms with Crippen LogP contribution in [-0.4, -0.2) is 125 Å². The summed E-state index contributed by atoms with van der Waals surface area (Å²) in [5, 5.41) is 8.10. The number of nitrogens with zero attached hydrogens (tertiary/aromatic N) is 3. The topological polar surface area (TPSA) is 184 Å². The summed E-state index contributed by atoms with van der Waals surface area (Å²) in [5.41, 5.74) is 1.64. The number of esters is 1. The van der Waals surface area contributed by atoms with Gasteiger partial charge in [0.15, 0.2) is 0 Å². The highest BCUT2D eigenvalue weighted by molar-refractivity contribution is 5.98. The molecule has 3 N–H and O–H groups in total. The molecular weight excluding hydrogens is 783 g/mol. The van der Waals surface area contributed by atoms with Crippen LogP contribution in [0.3, 0.4) is 0 Å². The molecule has 0 aliphatic carbocycles. The summed E-state index contributed by atoms with van der Waals surface area (Å²) in [5.74, 6) is -5.82.